The second-order valence-electron chi connectivity index (χ2n) is 4.74. The number of hydrogen-bond acceptors (Lipinski definition) is 2. The van der Waals surface area contributed by atoms with Crippen molar-refractivity contribution in [2.75, 3.05) is 13.2 Å². The number of hydrogen-bond donors (Lipinski definition) is 0. The van der Waals surface area contributed by atoms with Gasteiger partial charge in [0.1, 0.15) is 6.61 Å². The zero-order valence-corrected chi connectivity index (χ0v) is 10.3. The maximum atomic E-state index is 11.4. The van der Waals surface area contributed by atoms with E-state index in [4.69, 9.17) is 4.74 Å². The lowest BCUT2D eigenvalue weighted by Gasteiger charge is -2.11. The van der Waals surface area contributed by atoms with Gasteiger partial charge in [0.2, 0.25) is 0 Å². The highest BCUT2D eigenvalue weighted by molar-refractivity contribution is 5.79. The van der Waals surface area contributed by atoms with Crippen molar-refractivity contribution in [3.05, 3.63) is 24.3 Å². The van der Waals surface area contributed by atoms with Gasteiger partial charge in [0.15, 0.2) is 5.78 Å². The van der Waals surface area contributed by atoms with Crippen LogP contribution >= 0.6 is 0 Å². The molecule has 0 aromatic rings. The van der Waals surface area contributed by atoms with Crippen LogP contribution in [0.25, 0.3) is 0 Å². The lowest BCUT2D eigenvalue weighted by atomic mass is 10.0. The molecule has 1 aliphatic rings. The number of ketones is 1. The van der Waals surface area contributed by atoms with Gasteiger partial charge in [-0.1, -0.05) is 38.2 Å². The summed E-state index contributed by atoms with van der Waals surface area (Å²) in [4.78, 5) is 11.4. The van der Waals surface area contributed by atoms with Crippen molar-refractivity contribution < 1.29 is 9.53 Å². The molecule has 0 fully saturated rings. The largest absolute Gasteiger partial charge is 0.373 e. The van der Waals surface area contributed by atoms with Crippen molar-refractivity contribution in [2.24, 2.45) is 11.8 Å². The lowest BCUT2D eigenvalue weighted by Crippen LogP contribution is -2.13. The Morgan fingerprint density at radius 2 is 2.06 bits per heavy atom. The topological polar surface area (TPSA) is 26.3 Å². The molecule has 0 aromatic heterocycles. The summed E-state index contributed by atoms with van der Waals surface area (Å²) in [5.74, 6) is 1.16. The van der Waals surface area contributed by atoms with Crippen LogP contribution in [0.3, 0.4) is 0 Å². The highest BCUT2D eigenvalue weighted by atomic mass is 16.5. The molecule has 1 rings (SSSR count). The molecule has 0 radical (unpaired) electrons. The van der Waals surface area contributed by atoms with Gasteiger partial charge in [0, 0.05) is 12.3 Å². The van der Waals surface area contributed by atoms with Gasteiger partial charge in [-0.05, 0) is 18.8 Å². The van der Waals surface area contributed by atoms with E-state index >= 15 is 0 Å². The van der Waals surface area contributed by atoms with E-state index in [0.29, 0.717) is 24.9 Å². The number of carbonyl (C=O) groups is 1. The molecule has 0 N–H and O–H groups in total. The second kappa shape index (κ2) is 7.39. The van der Waals surface area contributed by atoms with Crippen LogP contribution in [-0.2, 0) is 9.53 Å². The Balaban J connectivity index is 2.06. The Hall–Kier alpha value is -0.890. The van der Waals surface area contributed by atoms with E-state index in [9.17, 15) is 4.79 Å². The molecule has 16 heavy (non-hydrogen) atoms. The van der Waals surface area contributed by atoms with Crippen LogP contribution in [-0.4, -0.2) is 19.0 Å². The molecular weight excluding hydrogens is 200 g/mol. The van der Waals surface area contributed by atoms with Crippen LogP contribution in [0.1, 0.15) is 33.1 Å². The monoisotopic (exact) mass is 222 g/mol. The first kappa shape index (κ1) is 13.2. The Morgan fingerprint density at radius 1 is 1.38 bits per heavy atom. The van der Waals surface area contributed by atoms with E-state index in [1.165, 1.54) is 0 Å². The maximum absolute atomic E-state index is 11.4. The summed E-state index contributed by atoms with van der Waals surface area (Å²) in [5.41, 5.74) is 0. The zero-order chi connectivity index (χ0) is 11.8. The summed E-state index contributed by atoms with van der Waals surface area (Å²) in [7, 11) is 0. The quantitative estimate of drug-likeness (QED) is 0.619. The first-order valence-corrected chi connectivity index (χ1v) is 6.11. The van der Waals surface area contributed by atoms with Gasteiger partial charge in [0.25, 0.3) is 0 Å². The van der Waals surface area contributed by atoms with E-state index in [-0.39, 0.29) is 12.4 Å². The van der Waals surface area contributed by atoms with E-state index in [1.807, 2.05) is 0 Å². The average molecular weight is 222 g/mol. The smallest absolute Gasteiger partial charge is 0.158 e. The normalized spacial score (nSPS) is 15.9. The van der Waals surface area contributed by atoms with Gasteiger partial charge in [-0.2, -0.15) is 0 Å². The Bertz CT molecular complexity index is 252. The molecule has 0 saturated carbocycles. The fraction of sp³-hybridized carbons (Fsp3) is 0.643. The van der Waals surface area contributed by atoms with Crippen molar-refractivity contribution in [2.45, 2.75) is 33.1 Å². The second-order valence-corrected chi connectivity index (χ2v) is 4.74. The molecule has 0 aromatic carbocycles. The van der Waals surface area contributed by atoms with Crippen LogP contribution in [0.2, 0.25) is 0 Å². The third-order valence-corrected chi connectivity index (χ3v) is 2.61. The summed E-state index contributed by atoms with van der Waals surface area (Å²) in [6.07, 6.45) is 11.2. The van der Waals surface area contributed by atoms with E-state index < -0.39 is 0 Å². The first-order chi connectivity index (χ1) is 7.68. The molecule has 0 heterocycles. The van der Waals surface area contributed by atoms with Gasteiger partial charge >= 0.3 is 0 Å². The molecule has 2 heteroatoms. The minimum atomic E-state index is 0.220. The maximum Gasteiger partial charge on any atom is 0.158 e. The molecule has 0 atom stereocenters. The van der Waals surface area contributed by atoms with Crippen LogP contribution in [0.4, 0.5) is 0 Å². The highest BCUT2D eigenvalue weighted by Crippen LogP contribution is 2.10. The van der Waals surface area contributed by atoms with Crippen molar-refractivity contribution in [1.29, 1.82) is 0 Å². The van der Waals surface area contributed by atoms with Crippen molar-refractivity contribution in [3.63, 3.8) is 0 Å². The molecule has 0 bridgehead atoms. The summed E-state index contributed by atoms with van der Waals surface area (Å²) in [5, 5.41) is 0. The number of rotatable bonds is 7. The standard InChI is InChI=1S/C14H22O2/c1-12(2)8-9-14(15)11-16-10-13-6-4-3-5-7-13/h4-7,12-13H,3,8-11H2,1-2H3. The highest BCUT2D eigenvalue weighted by Gasteiger charge is 2.07. The van der Waals surface area contributed by atoms with Crippen molar-refractivity contribution >= 4 is 5.78 Å². The molecule has 0 saturated heterocycles. The number of Topliss-reactive ketones (excluding diaryl/α,β-unsaturated/α-hetero) is 1. The van der Waals surface area contributed by atoms with Crippen LogP contribution < -0.4 is 0 Å². The zero-order valence-electron chi connectivity index (χ0n) is 10.3. The number of ether oxygens (including phenoxy) is 1. The molecule has 2 nitrogen and oxygen atoms in total. The van der Waals surface area contributed by atoms with E-state index in [1.54, 1.807) is 0 Å². The molecule has 1 aliphatic carbocycles. The fourth-order valence-electron chi connectivity index (χ4n) is 1.59. The summed E-state index contributed by atoms with van der Waals surface area (Å²) in [6, 6.07) is 0. The van der Waals surface area contributed by atoms with E-state index in [2.05, 4.69) is 38.2 Å². The van der Waals surface area contributed by atoms with Crippen LogP contribution in [0, 0.1) is 11.8 Å². The fourth-order valence-corrected chi connectivity index (χ4v) is 1.59. The van der Waals surface area contributed by atoms with Crippen LogP contribution in [0.15, 0.2) is 24.3 Å². The van der Waals surface area contributed by atoms with Crippen LogP contribution in [0.5, 0.6) is 0 Å². The summed E-state index contributed by atoms with van der Waals surface area (Å²) in [6.45, 7) is 5.16. The third kappa shape index (κ3) is 5.86. The van der Waals surface area contributed by atoms with Gasteiger partial charge in [-0.25, -0.2) is 0 Å². The predicted molar refractivity (Wildman–Crippen MR) is 66.3 cm³/mol. The number of allylic oxidation sites excluding steroid dienone is 2. The number of carbonyl (C=O) groups excluding carboxylic acids is 1. The Labute approximate surface area is 98.4 Å². The predicted octanol–water partition coefficient (Wildman–Crippen LogP) is 3.14. The summed E-state index contributed by atoms with van der Waals surface area (Å²) >= 11 is 0. The molecule has 0 amide bonds. The van der Waals surface area contributed by atoms with Crippen molar-refractivity contribution in [3.8, 4) is 0 Å². The van der Waals surface area contributed by atoms with Gasteiger partial charge in [-0.3, -0.25) is 4.79 Å². The summed E-state index contributed by atoms with van der Waals surface area (Å²) < 4.78 is 5.42. The lowest BCUT2D eigenvalue weighted by molar-refractivity contribution is -0.124. The molecular formula is C14H22O2. The SMILES string of the molecule is CC(C)CCC(=O)COCC1C=CCC=C1. The molecule has 0 spiro atoms. The molecule has 0 aliphatic heterocycles. The molecule has 0 unspecified atom stereocenters. The Morgan fingerprint density at radius 3 is 2.69 bits per heavy atom. The van der Waals surface area contributed by atoms with Gasteiger partial charge in [0.05, 0.1) is 6.61 Å². The van der Waals surface area contributed by atoms with Crippen molar-refractivity contribution in [1.82, 2.24) is 0 Å². The molecule has 90 valence electrons. The Kier molecular flexibility index (Phi) is 6.09. The minimum absolute atomic E-state index is 0.220. The first-order valence-electron chi connectivity index (χ1n) is 6.11. The van der Waals surface area contributed by atoms with Gasteiger partial charge < -0.3 is 4.74 Å². The minimum Gasteiger partial charge on any atom is -0.373 e. The average Bonchev–Trinajstić information content (AvgIpc) is 2.28. The van der Waals surface area contributed by atoms with Gasteiger partial charge in [-0.15, -0.1) is 0 Å². The third-order valence-electron chi connectivity index (χ3n) is 2.61. The van der Waals surface area contributed by atoms with E-state index in [0.717, 1.165) is 12.8 Å².